The molecular weight excluding hydrogens is 432 g/mol. The van der Waals surface area contributed by atoms with Crippen LogP contribution in [0.25, 0.3) is 10.8 Å². The van der Waals surface area contributed by atoms with Crippen LogP contribution in [0.15, 0.2) is 53.0 Å². The number of carbonyl (C=O) groups is 3. The predicted molar refractivity (Wildman–Crippen MR) is 103 cm³/mol. The van der Waals surface area contributed by atoms with Gasteiger partial charge in [-0.05, 0) is 34.1 Å². The number of halogens is 1. The minimum Gasteiger partial charge on any atom is -0.478 e. The number of hydrogen-bond acceptors (Lipinski definition) is 5. The van der Waals surface area contributed by atoms with Gasteiger partial charge in [0, 0.05) is 22.4 Å². The number of aromatic carboxylic acids is 1. The third-order valence-corrected chi connectivity index (χ3v) is 5.35. The van der Waals surface area contributed by atoms with Gasteiger partial charge in [0.15, 0.2) is 0 Å². The van der Waals surface area contributed by atoms with Crippen LogP contribution < -0.4 is 4.90 Å². The molecule has 8 nitrogen and oxygen atoms in total. The van der Waals surface area contributed by atoms with Crippen molar-refractivity contribution in [2.75, 3.05) is 4.90 Å². The van der Waals surface area contributed by atoms with Crippen molar-refractivity contribution in [3.63, 3.8) is 0 Å². The van der Waals surface area contributed by atoms with Gasteiger partial charge in [-0.25, -0.2) is 9.69 Å². The van der Waals surface area contributed by atoms with E-state index in [1.807, 2.05) is 0 Å². The fourth-order valence-electron chi connectivity index (χ4n) is 3.32. The summed E-state index contributed by atoms with van der Waals surface area (Å²) in [5, 5.41) is 21.5. The number of carboxylic acids is 1. The number of amides is 2. The molecule has 2 amide bonds. The molecule has 0 saturated heterocycles. The van der Waals surface area contributed by atoms with E-state index in [9.17, 15) is 29.6 Å². The van der Waals surface area contributed by atoms with Crippen LogP contribution >= 0.6 is 15.9 Å². The van der Waals surface area contributed by atoms with E-state index < -0.39 is 22.7 Å². The topological polar surface area (TPSA) is 118 Å². The highest BCUT2D eigenvalue weighted by molar-refractivity contribution is 9.10. The molecule has 3 aromatic carbocycles. The summed E-state index contributed by atoms with van der Waals surface area (Å²) in [6, 6.07) is 11.3. The minimum absolute atomic E-state index is 0.0414. The number of rotatable bonds is 3. The fourth-order valence-corrected chi connectivity index (χ4v) is 3.91. The maximum Gasteiger partial charge on any atom is 0.337 e. The predicted octanol–water partition coefficient (Wildman–Crippen LogP) is 4.01. The second-order valence-corrected chi connectivity index (χ2v) is 6.80. The molecule has 0 aliphatic carbocycles. The number of nitrogens with zero attached hydrogens (tertiary/aromatic N) is 2. The standard InChI is InChI=1S/C19H9BrN2O6/c20-16-10-5-3-6-11-15(10)12(8-14(16)22(27)28)18(24)21(17(11)23)13-7-2-1-4-9(13)19(25)26/h1-8H,(H,25,26). The second-order valence-electron chi connectivity index (χ2n) is 6.01. The van der Waals surface area contributed by atoms with Crippen molar-refractivity contribution in [1.29, 1.82) is 0 Å². The molecule has 0 aromatic heterocycles. The number of carboxylic acid groups (broad SMARTS) is 1. The van der Waals surface area contributed by atoms with Crippen LogP contribution in [0.3, 0.4) is 0 Å². The number of benzene rings is 3. The Morgan fingerprint density at radius 1 is 1.04 bits per heavy atom. The van der Waals surface area contributed by atoms with Gasteiger partial charge in [-0.2, -0.15) is 0 Å². The lowest BCUT2D eigenvalue weighted by atomic mass is 9.92. The van der Waals surface area contributed by atoms with Crippen molar-refractivity contribution in [3.8, 4) is 0 Å². The zero-order chi connectivity index (χ0) is 20.2. The molecule has 4 rings (SSSR count). The van der Waals surface area contributed by atoms with Gasteiger partial charge in [0.25, 0.3) is 17.5 Å². The molecule has 0 radical (unpaired) electrons. The first-order valence-electron chi connectivity index (χ1n) is 7.93. The lowest BCUT2D eigenvalue weighted by molar-refractivity contribution is -0.385. The molecule has 1 N–H and O–H groups in total. The number of para-hydroxylation sites is 1. The SMILES string of the molecule is O=C(O)c1ccccc1N1C(=O)c2cccc3c(Br)c([N+](=O)[O-])cc(c23)C1=O. The third kappa shape index (κ3) is 2.40. The highest BCUT2D eigenvalue weighted by Gasteiger charge is 2.38. The molecule has 1 aliphatic heterocycles. The summed E-state index contributed by atoms with van der Waals surface area (Å²) < 4.78 is 0.165. The average molecular weight is 441 g/mol. The van der Waals surface area contributed by atoms with E-state index in [0.29, 0.717) is 10.8 Å². The van der Waals surface area contributed by atoms with E-state index in [2.05, 4.69) is 15.9 Å². The van der Waals surface area contributed by atoms with E-state index in [1.165, 1.54) is 30.3 Å². The largest absolute Gasteiger partial charge is 0.478 e. The Kier molecular flexibility index (Phi) is 3.97. The first-order chi connectivity index (χ1) is 13.3. The number of nitro groups is 1. The number of carbonyl (C=O) groups excluding carboxylic acids is 2. The Balaban J connectivity index is 2.06. The Hall–Kier alpha value is -3.59. The monoisotopic (exact) mass is 440 g/mol. The quantitative estimate of drug-likeness (QED) is 0.373. The van der Waals surface area contributed by atoms with Crippen molar-refractivity contribution >= 4 is 55.9 Å². The van der Waals surface area contributed by atoms with Crippen LogP contribution in [0.5, 0.6) is 0 Å². The van der Waals surface area contributed by atoms with Gasteiger partial charge in [0.1, 0.15) is 4.47 Å². The summed E-state index contributed by atoms with van der Waals surface area (Å²) in [6.45, 7) is 0. The van der Waals surface area contributed by atoms with Gasteiger partial charge in [-0.3, -0.25) is 19.7 Å². The molecule has 1 aliphatic rings. The highest BCUT2D eigenvalue weighted by Crippen LogP contribution is 2.41. The smallest absolute Gasteiger partial charge is 0.337 e. The van der Waals surface area contributed by atoms with Gasteiger partial charge in [0.2, 0.25) is 0 Å². The van der Waals surface area contributed by atoms with Crippen LogP contribution in [-0.2, 0) is 0 Å². The van der Waals surface area contributed by atoms with Crippen LogP contribution in [0.2, 0.25) is 0 Å². The average Bonchev–Trinajstić information content (AvgIpc) is 2.67. The Morgan fingerprint density at radius 2 is 1.71 bits per heavy atom. The summed E-state index contributed by atoms with van der Waals surface area (Å²) in [7, 11) is 0. The number of nitro benzene ring substituents is 1. The summed E-state index contributed by atoms with van der Waals surface area (Å²) in [6.07, 6.45) is 0. The van der Waals surface area contributed by atoms with E-state index in [4.69, 9.17) is 0 Å². The maximum absolute atomic E-state index is 13.1. The van der Waals surface area contributed by atoms with Crippen molar-refractivity contribution in [2.24, 2.45) is 0 Å². The molecule has 0 unspecified atom stereocenters. The molecule has 3 aromatic rings. The summed E-state index contributed by atoms with van der Waals surface area (Å²) in [5.74, 6) is -2.82. The normalized spacial score (nSPS) is 13.1. The van der Waals surface area contributed by atoms with E-state index in [-0.39, 0.29) is 32.5 Å². The Bertz CT molecular complexity index is 1240. The van der Waals surface area contributed by atoms with Crippen LogP contribution in [-0.4, -0.2) is 27.8 Å². The Labute approximate surface area is 165 Å². The summed E-state index contributed by atoms with van der Waals surface area (Å²) in [5.41, 5.74) is -0.540. The molecule has 138 valence electrons. The first-order valence-corrected chi connectivity index (χ1v) is 8.73. The van der Waals surface area contributed by atoms with Crippen LogP contribution in [0, 0.1) is 10.1 Å². The van der Waals surface area contributed by atoms with E-state index in [0.717, 1.165) is 11.0 Å². The zero-order valence-corrected chi connectivity index (χ0v) is 15.5. The van der Waals surface area contributed by atoms with E-state index in [1.54, 1.807) is 12.1 Å². The Morgan fingerprint density at radius 3 is 2.39 bits per heavy atom. The number of hydrogen-bond donors (Lipinski definition) is 1. The molecule has 0 bridgehead atoms. The van der Waals surface area contributed by atoms with Crippen LogP contribution in [0.1, 0.15) is 31.1 Å². The molecule has 0 atom stereocenters. The van der Waals surface area contributed by atoms with Crippen molar-refractivity contribution in [3.05, 3.63) is 79.8 Å². The third-order valence-electron chi connectivity index (χ3n) is 4.52. The molecule has 1 heterocycles. The molecule has 0 saturated carbocycles. The molecule has 9 heteroatoms. The van der Waals surface area contributed by atoms with Gasteiger partial charge < -0.3 is 5.11 Å². The maximum atomic E-state index is 13.1. The summed E-state index contributed by atoms with van der Waals surface area (Å²) >= 11 is 3.18. The van der Waals surface area contributed by atoms with Gasteiger partial charge >= 0.3 is 5.97 Å². The number of imide groups is 1. The molecule has 0 fully saturated rings. The van der Waals surface area contributed by atoms with Crippen molar-refractivity contribution in [1.82, 2.24) is 0 Å². The molecule has 0 spiro atoms. The number of anilines is 1. The lowest BCUT2D eigenvalue weighted by Crippen LogP contribution is -2.41. The summed E-state index contributed by atoms with van der Waals surface area (Å²) in [4.78, 5) is 49.3. The van der Waals surface area contributed by atoms with E-state index >= 15 is 0 Å². The van der Waals surface area contributed by atoms with Crippen molar-refractivity contribution in [2.45, 2.75) is 0 Å². The van der Waals surface area contributed by atoms with Gasteiger partial charge in [-0.1, -0.05) is 24.3 Å². The lowest BCUT2D eigenvalue weighted by Gasteiger charge is -2.28. The molecular formula is C19H9BrN2O6. The zero-order valence-electron chi connectivity index (χ0n) is 13.9. The van der Waals surface area contributed by atoms with Crippen LogP contribution in [0.4, 0.5) is 11.4 Å². The second kappa shape index (κ2) is 6.24. The minimum atomic E-state index is -1.30. The fraction of sp³-hybridized carbons (Fsp3) is 0. The van der Waals surface area contributed by atoms with Gasteiger partial charge in [0.05, 0.1) is 21.7 Å². The van der Waals surface area contributed by atoms with Crippen molar-refractivity contribution < 1.29 is 24.4 Å². The molecule has 28 heavy (non-hydrogen) atoms. The van der Waals surface area contributed by atoms with Gasteiger partial charge in [-0.15, -0.1) is 0 Å². The first kappa shape index (κ1) is 17.8. The highest BCUT2D eigenvalue weighted by atomic mass is 79.9.